The van der Waals surface area contributed by atoms with Gasteiger partial charge in [0, 0.05) is 24.5 Å². The summed E-state index contributed by atoms with van der Waals surface area (Å²) in [6, 6.07) is 16.0. The molecule has 1 aliphatic heterocycles. The maximum absolute atomic E-state index is 13.3. The summed E-state index contributed by atoms with van der Waals surface area (Å²) >= 11 is 0. The van der Waals surface area contributed by atoms with Crippen LogP contribution in [0.15, 0.2) is 72.6 Å². The molecule has 35 heavy (non-hydrogen) atoms. The van der Waals surface area contributed by atoms with E-state index in [1.165, 1.54) is 4.90 Å². The van der Waals surface area contributed by atoms with Gasteiger partial charge >= 0.3 is 0 Å². The lowest BCUT2D eigenvalue weighted by molar-refractivity contribution is -0.140. The Balaban J connectivity index is 1.87. The van der Waals surface area contributed by atoms with Gasteiger partial charge in [0.25, 0.3) is 11.7 Å². The van der Waals surface area contributed by atoms with E-state index in [9.17, 15) is 14.7 Å². The summed E-state index contributed by atoms with van der Waals surface area (Å²) in [7, 11) is 1.57. The van der Waals surface area contributed by atoms with E-state index in [0.717, 1.165) is 22.3 Å². The first-order valence-electron chi connectivity index (χ1n) is 11.5. The molecule has 0 spiro atoms. The zero-order chi connectivity index (χ0) is 25.3. The van der Waals surface area contributed by atoms with E-state index in [0.29, 0.717) is 11.3 Å². The summed E-state index contributed by atoms with van der Waals surface area (Å²) in [6.45, 7) is 8.41. The monoisotopic (exact) mass is 470 g/mol. The molecule has 6 nitrogen and oxygen atoms in total. The van der Waals surface area contributed by atoms with E-state index < -0.39 is 17.7 Å². The van der Waals surface area contributed by atoms with E-state index in [-0.39, 0.29) is 23.3 Å². The molecule has 0 radical (unpaired) electrons. The molecule has 0 bridgehead atoms. The number of benzene rings is 2. The third kappa shape index (κ3) is 4.69. The topological polar surface area (TPSA) is 79.7 Å². The van der Waals surface area contributed by atoms with Gasteiger partial charge in [0.2, 0.25) is 0 Å². The molecule has 2 aromatic carbocycles. The van der Waals surface area contributed by atoms with Crippen molar-refractivity contribution >= 4 is 17.4 Å². The number of carbonyl (C=O) groups is 2. The van der Waals surface area contributed by atoms with Gasteiger partial charge in [0.15, 0.2) is 0 Å². The first kappa shape index (κ1) is 24.2. The Bertz CT molecular complexity index is 1290. The van der Waals surface area contributed by atoms with Gasteiger partial charge in [-0.25, -0.2) is 0 Å². The molecular formula is C29H30N2O4. The molecule has 1 aromatic heterocycles. The minimum absolute atomic E-state index is 0.0454. The van der Waals surface area contributed by atoms with Gasteiger partial charge in [-0.05, 0) is 58.9 Å². The summed E-state index contributed by atoms with van der Waals surface area (Å²) in [6.07, 6.45) is 3.33. The van der Waals surface area contributed by atoms with Crippen LogP contribution in [0.2, 0.25) is 0 Å². The van der Waals surface area contributed by atoms with Crippen molar-refractivity contribution in [2.75, 3.05) is 7.11 Å². The number of ketones is 1. The average molecular weight is 471 g/mol. The molecule has 4 rings (SSSR count). The van der Waals surface area contributed by atoms with Crippen LogP contribution >= 0.6 is 0 Å². The molecule has 1 atom stereocenters. The summed E-state index contributed by atoms with van der Waals surface area (Å²) in [4.78, 5) is 32.2. The molecule has 2 heterocycles. The highest BCUT2D eigenvalue weighted by molar-refractivity contribution is 6.46. The van der Waals surface area contributed by atoms with E-state index >= 15 is 0 Å². The smallest absolute Gasteiger partial charge is 0.295 e. The van der Waals surface area contributed by atoms with Crippen molar-refractivity contribution < 1.29 is 19.4 Å². The molecule has 1 amide bonds. The second-order valence-corrected chi connectivity index (χ2v) is 9.84. The van der Waals surface area contributed by atoms with Crippen LogP contribution in [0.4, 0.5) is 0 Å². The number of aryl methyl sites for hydroxylation is 1. The fourth-order valence-corrected chi connectivity index (χ4v) is 4.42. The zero-order valence-corrected chi connectivity index (χ0v) is 20.7. The third-order valence-corrected chi connectivity index (χ3v) is 6.40. The maximum Gasteiger partial charge on any atom is 0.295 e. The molecule has 1 aliphatic rings. The summed E-state index contributed by atoms with van der Waals surface area (Å²) in [5.74, 6) is -0.898. The van der Waals surface area contributed by atoms with Gasteiger partial charge in [0.05, 0.1) is 18.7 Å². The molecule has 0 aliphatic carbocycles. The van der Waals surface area contributed by atoms with Crippen LogP contribution in [0, 0.1) is 6.92 Å². The maximum atomic E-state index is 13.3. The normalized spacial score (nSPS) is 17.6. The van der Waals surface area contributed by atoms with E-state index in [2.05, 4.69) is 25.8 Å². The first-order chi connectivity index (χ1) is 16.6. The van der Waals surface area contributed by atoms with Gasteiger partial charge in [-0.1, -0.05) is 51.1 Å². The molecule has 1 fully saturated rings. The van der Waals surface area contributed by atoms with Crippen LogP contribution in [0.3, 0.4) is 0 Å². The number of rotatable bonds is 5. The zero-order valence-electron chi connectivity index (χ0n) is 20.7. The Hall–Kier alpha value is -3.93. The van der Waals surface area contributed by atoms with Gasteiger partial charge in [-0.3, -0.25) is 14.6 Å². The van der Waals surface area contributed by atoms with Crippen molar-refractivity contribution in [2.24, 2.45) is 0 Å². The van der Waals surface area contributed by atoms with Crippen LogP contribution in [-0.2, 0) is 21.5 Å². The first-order valence-corrected chi connectivity index (χ1v) is 11.5. The van der Waals surface area contributed by atoms with Crippen LogP contribution in [-0.4, -0.2) is 33.8 Å². The fraction of sp³-hybridized carbons (Fsp3) is 0.276. The highest BCUT2D eigenvalue weighted by atomic mass is 16.5. The van der Waals surface area contributed by atoms with Crippen molar-refractivity contribution in [1.29, 1.82) is 0 Å². The predicted octanol–water partition coefficient (Wildman–Crippen LogP) is 5.32. The minimum atomic E-state index is -0.731. The minimum Gasteiger partial charge on any atom is -0.507 e. The van der Waals surface area contributed by atoms with E-state index in [1.807, 2.05) is 37.3 Å². The number of aromatic nitrogens is 1. The van der Waals surface area contributed by atoms with Crippen LogP contribution in [0.25, 0.3) is 5.76 Å². The number of amides is 1. The number of likely N-dealkylation sites (tertiary alicyclic amines) is 1. The Labute approximate surface area is 205 Å². The molecule has 180 valence electrons. The van der Waals surface area contributed by atoms with Gasteiger partial charge in [0.1, 0.15) is 11.5 Å². The number of pyridine rings is 1. The third-order valence-electron chi connectivity index (χ3n) is 6.40. The van der Waals surface area contributed by atoms with Crippen molar-refractivity contribution in [2.45, 2.75) is 45.7 Å². The van der Waals surface area contributed by atoms with Crippen molar-refractivity contribution in [3.8, 4) is 5.75 Å². The van der Waals surface area contributed by atoms with Gasteiger partial charge in [-0.2, -0.15) is 0 Å². The molecule has 3 aromatic rings. The molecule has 1 N–H and O–H groups in total. The van der Waals surface area contributed by atoms with Crippen molar-refractivity contribution in [3.05, 3.63) is 100 Å². The highest BCUT2D eigenvalue weighted by Gasteiger charge is 2.46. The number of nitrogens with zero attached hydrogens (tertiary/aromatic N) is 2. The number of aliphatic hydroxyl groups excluding tert-OH is 1. The molecule has 6 heteroatoms. The Morgan fingerprint density at radius 1 is 1.09 bits per heavy atom. The average Bonchev–Trinajstić information content (AvgIpc) is 3.08. The lowest BCUT2D eigenvalue weighted by Gasteiger charge is -2.26. The molecule has 0 unspecified atom stereocenters. The molecular weight excluding hydrogens is 440 g/mol. The second kappa shape index (κ2) is 9.37. The van der Waals surface area contributed by atoms with Crippen LogP contribution in [0.1, 0.15) is 54.6 Å². The number of ether oxygens (including phenoxy) is 1. The van der Waals surface area contributed by atoms with Crippen molar-refractivity contribution in [3.63, 3.8) is 0 Å². The van der Waals surface area contributed by atoms with Crippen LogP contribution < -0.4 is 4.74 Å². The molecule has 0 saturated carbocycles. The quantitative estimate of drug-likeness (QED) is 0.310. The standard InChI is InChI=1S/C29H30N2O4/c1-18-15-22(35-5)12-13-23(18)26(32)24-25(20-8-10-21(11-9-20)29(2,3)4)31(28(34)27(24)33)17-19-7-6-14-30-16-19/h6-16,25,32H,17H2,1-5H3/b26-24+/t25-/m0/s1. The number of methoxy groups -OCH3 is 1. The highest BCUT2D eigenvalue weighted by Crippen LogP contribution is 2.41. The predicted molar refractivity (Wildman–Crippen MR) is 135 cm³/mol. The lowest BCUT2D eigenvalue weighted by Crippen LogP contribution is -2.29. The van der Waals surface area contributed by atoms with E-state index in [4.69, 9.17) is 4.74 Å². The number of hydrogen-bond donors (Lipinski definition) is 1. The fourth-order valence-electron chi connectivity index (χ4n) is 4.42. The number of Topliss-reactive ketones (excluding diaryl/α,β-unsaturated/α-hetero) is 1. The Morgan fingerprint density at radius 2 is 1.80 bits per heavy atom. The Morgan fingerprint density at radius 3 is 2.37 bits per heavy atom. The van der Waals surface area contributed by atoms with E-state index in [1.54, 1.807) is 43.8 Å². The number of carbonyl (C=O) groups excluding carboxylic acids is 2. The Kier molecular flexibility index (Phi) is 6.48. The summed E-state index contributed by atoms with van der Waals surface area (Å²) in [5, 5.41) is 11.4. The second-order valence-electron chi connectivity index (χ2n) is 9.84. The number of hydrogen-bond acceptors (Lipinski definition) is 5. The van der Waals surface area contributed by atoms with Crippen LogP contribution in [0.5, 0.6) is 5.75 Å². The van der Waals surface area contributed by atoms with Gasteiger partial charge < -0.3 is 14.7 Å². The SMILES string of the molecule is COc1ccc(/C(O)=C2\C(=O)C(=O)N(Cc3cccnc3)[C@H]2c2ccc(C(C)(C)C)cc2)c(C)c1. The molecule has 1 saturated heterocycles. The van der Waals surface area contributed by atoms with Gasteiger partial charge in [-0.15, -0.1) is 0 Å². The lowest BCUT2D eigenvalue weighted by atomic mass is 9.85. The summed E-state index contributed by atoms with van der Waals surface area (Å²) < 4.78 is 5.27. The number of aliphatic hydroxyl groups is 1. The summed E-state index contributed by atoms with van der Waals surface area (Å²) in [5.41, 5.74) is 3.95. The largest absolute Gasteiger partial charge is 0.507 e. The van der Waals surface area contributed by atoms with Crippen molar-refractivity contribution in [1.82, 2.24) is 9.88 Å².